The first-order valence-corrected chi connectivity index (χ1v) is 10.5. The molecule has 2 heterocycles. The Morgan fingerprint density at radius 2 is 1.89 bits per heavy atom. The zero-order chi connectivity index (χ0) is 19.4. The van der Waals surface area contributed by atoms with E-state index in [2.05, 4.69) is 35.5 Å². The van der Waals surface area contributed by atoms with Crippen LogP contribution in [0.5, 0.6) is 5.75 Å². The highest BCUT2D eigenvalue weighted by Crippen LogP contribution is 2.29. The number of aromatic nitrogens is 3. The van der Waals surface area contributed by atoms with E-state index in [0.29, 0.717) is 5.75 Å². The van der Waals surface area contributed by atoms with Crippen molar-refractivity contribution in [3.05, 3.63) is 24.3 Å². The van der Waals surface area contributed by atoms with Crippen LogP contribution >= 0.6 is 11.8 Å². The average molecular weight is 389 g/mol. The molecule has 0 spiro atoms. The number of nitrogens with zero attached hydrogens (tertiary/aromatic N) is 4. The molecule has 1 aromatic carbocycles. The van der Waals surface area contributed by atoms with Gasteiger partial charge in [0.2, 0.25) is 5.91 Å². The zero-order valence-electron chi connectivity index (χ0n) is 16.5. The predicted octanol–water partition coefficient (Wildman–Crippen LogP) is 3.89. The van der Waals surface area contributed by atoms with Crippen LogP contribution in [0.3, 0.4) is 0 Å². The summed E-state index contributed by atoms with van der Waals surface area (Å²) in [4.78, 5) is 14.5. The van der Waals surface area contributed by atoms with Crippen LogP contribution in [0.1, 0.15) is 39.7 Å². The van der Waals surface area contributed by atoms with Crippen LogP contribution in [0, 0.1) is 5.92 Å². The first-order chi connectivity index (χ1) is 13.0. The van der Waals surface area contributed by atoms with Gasteiger partial charge >= 0.3 is 0 Å². The Morgan fingerprint density at radius 1 is 1.22 bits per heavy atom. The van der Waals surface area contributed by atoms with Gasteiger partial charge in [-0.15, -0.1) is 10.2 Å². The maximum atomic E-state index is 12.5. The zero-order valence-corrected chi connectivity index (χ0v) is 17.3. The number of thioether (sulfide) groups is 1. The number of piperidine rings is 1. The Bertz CT molecular complexity index is 765. The summed E-state index contributed by atoms with van der Waals surface area (Å²) in [5.74, 6) is 2.94. The van der Waals surface area contributed by atoms with E-state index in [1.807, 2.05) is 29.2 Å². The number of hydrogen-bond acceptors (Lipinski definition) is 5. The van der Waals surface area contributed by atoms with Crippen LogP contribution in [0.25, 0.3) is 11.4 Å². The summed E-state index contributed by atoms with van der Waals surface area (Å²) >= 11 is 1.47. The molecule has 1 aliphatic heterocycles. The molecule has 1 fully saturated rings. The topological polar surface area (TPSA) is 60.3 Å². The number of rotatable bonds is 6. The third kappa shape index (κ3) is 4.64. The predicted molar refractivity (Wildman–Crippen MR) is 108 cm³/mol. The van der Waals surface area contributed by atoms with Crippen molar-refractivity contribution in [2.75, 3.05) is 26.0 Å². The molecule has 0 N–H and O–H groups in total. The third-order valence-corrected chi connectivity index (χ3v) is 5.92. The lowest BCUT2D eigenvalue weighted by molar-refractivity contribution is -0.129. The largest absolute Gasteiger partial charge is 0.497 e. The monoisotopic (exact) mass is 388 g/mol. The van der Waals surface area contributed by atoms with Gasteiger partial charge in [-0.05, 0) is 56.9 Å². The fraction of sp³-hybridized carbons (Fsp3) is 0.550. The van der Waals surface area contributed by atoms with Gasteiger partial charge in [0.05, 0.1) is 12.9 Å². The number of ether oxygens (including phenoxy) is 1. The third-order valence-electron chi connectivity index (χ3n) is 4.99. The summed E-state index contributed by atoms with van der Waals surface area (Å²) in [7, 11) is 1.65. The molecule has 0 aliphatic carbocycles. The molecule has 1 aliphatic rings. The highest BCUT2D eigenvalue weighted by atomic mass is 32.2. The van der Waals surface area contributed by atoms with E-state index in [4.69, 9.17) is 4.74 Å². The van der Waals surface area contributed by atoms with Gasteiger partial charge < -0.3 is 9.64 Å². The van der Waals surface area contributed by atoms with Gasteiger partial charge in [-0.2, -0.15) is 0 Å². The highest BCUT2D eigenvalue weighted by molar-refractivity contribution is 7.99. The summed E-state index contributed by atoms with van der Waals surface area (Å²) in [5, 5.41) is 9.54. The second kappa shape index (κ2) is 8.78. The molecule has 3 rings (SSSR count). The number of carbonyl (C=O) groups excluding carboxylic acids is 1. The molecule has 0 radical (unpaired) electrons. The number of likely N-dealkylation sites (tertiary alicyclic amines) is 1. The Morgan fingerprint density at radius 3 is 2.48 bits per heavy atom. The number of benzene rings is 1. The summed E-state index contributed by atoms with van der Waals surface area (Å²) in [6.45, 7) is 8.20. The van der Waals surface area contributed by atoms with E-state index in [9.17, 15) is 4.79 Å². The standard InChI is InChI=1S/C20H28N4O2S/c1-14(2)24-19(16-5-7-17(26-4)8-6-16)21-22-20(24)27-13-18(25)23-11-9-15(3)10-12-23/h5-8,14-15H,9-13H2,1-4H3. The molecule has 1 amide bonds. The Balaban J connectivity index is 1.72. The van der Waals surface area contributed by atoms with Crippen LogP contribution in [-0.2, 0) is 4.79 Å². The van der Waals surface area contributed by atoms with E-state index in [0.717, 1.165) is 54.1 Å². The first kappa shape index (κ1) is 19.7. The molecule has 2 aromatic rings. The first-order valence-electron chi connectivity index (χ1n) is 9.49. The lowest BCUT2D eigenvalue weighted by Crippen LogP contribution is -2.38. The van der Waals surface area contributed by atoms with Crippen LogP contribution in [-0.4, -0.2) is 51.5 Å². The van der Waals surface area contributed by atoms with Crippen molar-refractivity contribution in [1.29, 1.82) is 0 Å². The smallest absolute Gasteiger partial charge is 0.233 e. The maximum absolute atomic E-state index is 12.5. The van der Waals surface area contributed by atoms with Gasteiger partial charge in [-0.3, -0.25) is 9.36 Å². The average Bonchev–Trinajstić information content (AvgIpc) is 3.11. The highest BCUT2D eigenvalue weighted by Gasteiger charge is 2.22. The van der Waals surface area contributed by atoms with Crippen molar-refractivity contribution >= 4 is 17.7 Å². The minimum atomic E-state index is 0.191. The Hall–Kier alpha value is -2.02. The lowest BCUT2D eigenvalue weighted by atomic mass is 9.99. The minimum absolute atomic E-state index is 0.191. The fourth-order valence-corrected chi connectivity index (χ4v) is 4.22. The minimum Gasteiger partial charge on any atom is -0.497 e. The molecule has 1 saturated heterocycles. The van der Waals surface area contributed by atoms with Gasteiger partial charge in [-0.1, -0.05) is 18.7 Å². The van der Waals surface area contributed by atoms with Gasteiger partial charge in [0.25, 0.3) is 0 Å². The van der Waals surface area contributed by atoms with E-state index in [-0.39, 0.29) is 11.9 Å². The fourth-order valence-electron chi connectivity index (χ4n) is 3.25. The van der Waals surface area contributed by atoms with Gasteiger partial charge in [-0.25, -0.2) is 0 Å². The normalized spacial score (nSPS) is 15.4. The van der Waals surface area contributed by atoms with Gasteiger partial charge in [0, 0.05) is 24.7 Å². The summed E-state index contributed by atoms with van der Waals surface area (Å²) in [5.41, 5.74) is 0.986. The molecule has 0 saturated carbocycles. The van der Waals surface area contributed by atoms with Crippen LogP contribution in [0.2, 0.25) is 0 Å². The number of amides is 1. The molecule has 6 nitrogen and oxygen atoms in total. The van der Waals surface area contributed by atoms with Crippen molar-refractivity contribution in [2.45, 2.75) is 44.8 Å². The van der Waals surface area contributed by atoms with Crippen molar-refractivity contribution in [3.8, 4) is 17.1 Å². The number of carbonyl (C=O) groups is 1. The van der Waals surface area contributed by atoms with Gasteiger partial charge in [0.1, 0.15) is 5.75 Å². The van der Waals surface area contributed by atoms with Crippen LogP contribution in [0.4, 0.5) is 0 Å². The molecule has 0 bridgehead atoms. The molecule has 27 heavy (non-hydrogen) atoms. The van der Waals surface area contributed by atoms with E-state index in [1.54, 1.807) is 7.11 Å². The molecule has 146 valence electrons. The van der Waals surface area contributed by atoms with E-state index in [1.165, 1.54) is 11.8 Å². The Labute approximate surface area is 165 Å². The second-order valence-electron chi connectivity index (χ2n) is 7.35. The van der Waals surface area contributed by atoms with Gasteiger partial charge in [0.15, 0.2) is 11.0 Å². The quantitative estimate of drug-likeness (QED) is 0.703. The summed E-state index contributed by atoms with van der Waals surface area (Å²) in [6.07, 6.45) is 2.19. The molecule has 1 aromatic heterocycles. The molecule has 0 atom stereocenters. The lowest BCUT2D eigenvalue weighted by Gasteiger charge is -2.30. The molecular formula is C20H28N4O2S. The summed E-state index contributed by atoms with van der Waals surface area (Å²) < 4.78 is 7.32. The molecule has 0 unspecified atom stereocenters. The van der Waals surface area contributed by atoms with E-state index >= 15 is 0 Å². The number of methoxy groups -OCH3 is 1. The van der Waals surface area contributed by atoms with Crippen molar-refractivity contribution in [1.82, 2.24) is 19.7 Å². The van der Waals surface area contributed by atoms with Crippen molar-refractivity contribution in [3.63, 3.8) is 0 Å². The second-order valence-corrected chi connectivity index (χ2v) is 8.29. The molecular weight excluding hydrogens is 360 g/mol. The Kier molecular flexibility index (Phi) is 6.42. The van der Waals surface area contributed by atoms with Crippen molar-refractivity contribution in [2.24, 2.45) is 5.92 Å². The maximum Gasteiger partial charge on any atom is 0.233 e. The van der Waals surface area contributed by atoms with Crippen molar-refractivity contribution < 1.29 is 9.53 Å². The molecule has 7 heteroatoms. The SMILES string of the molecule is COc1ccc(-c2nnc(SCC(=O)N3CCC(C)CC3)n2C(C)C)cc1. The number of hydrogen-bond donors (Lipinski definition) is 0. The van der Waals surface area contributed by atoms with Crippen LogP contribution in [0.15, 0.2) is 29.4 Å². The van der Waals surface area contributed by atoms with E-state index < -0.39 is 0 Å². The summed E-state index contributed by atoms with van der Waals surface area (Å²) in [6, 6.07) is 8.00. The van der Waals surface area contributed by atoms with Crippen LogP contribution < -0.4 is 4.74 Å².